The fourth-order valence-corrected chi connectivity index (χ4v) is 1.96. The van der Waals surface area contributed by atoms with Crippen LogP contribution in [0.1, 0.15) is 11.1 Å². The van der Waals surface area contributed by atoms with Crippen LogP contribution in [0.4, 0.5) is 0 Å². The first kappa shape index (κ1) is 7.55. The van der Waals surface area contributed by atoms with Crippen LogP contribution in [0, 0.1) is 0 Å². The van der Waals surface area contributed by atoms with Crippen LogP contribution in [0.25, 0.3) is 0 Å². The summed E-state index contributed by atoms with van der Waals surface area (Å²) >= 11 is 2.33. The van der Waals surface area contributed by atoms with Gasteiger partial charge < -0.3 is 4.74 Å². The lowest BCUT2D eigenvalue weighted by molar-refractivity contribution is 0.0969. The van der Waals surface area contributed by atoms with Crippen molar-refractivity contribution in [1.29, 1.82) is 0 Å². The van der Waals surface area contributed by atoms with Gasteiger partial charge in [0.1, 0.15) is 4.11 Å². The van der Waals surface area contributed by atoms with Gasteiger partial charge in [-0.25, -0.2) is 0 Å². The van der Waals surface area contributed by atoms with Gasteiger partial charge in [-0.15, -0.1) is 0 Å². The summed E-state index contributed by atoms with van der Waals surface area (Å²) in [6, 6.07) is 8.48. The largest absolute Gasteiger partial charge is 0.363 e. The molecule has 1 unspecified atom stereocenters. The molecule has 0 N–H and O–H groups in total. The van der Waals surface area contributed by atoms with E-state index in [4.69, 9.17) is 4.74 Å². The molecule has 0 radical (unpaired) electrons. The van der Waals surface area contributed by atoms with E-state index in [1.807, 2.05) is 0 Å². The summed E-state index contributed by atoms with van der Waals surface area (Å²) in [5.41, 5.74) is 2.79. The van der Waals surface area contributed by atoms with Crippen molar-refractivity contribution < 1.29 is 4.74 Å². The average molecular weight is 260 g/mol. The van der Waals surface area contributed by atoms with E-state index in [-0.39, 0.29) is 0 Å². The third-order valence-corrected chi connectivity index (χ3v) is 2.72. The van der Waals surface area contributed by atoms with Crippen molar-refractivity contribution in [2.24, 2.45) is 0 Å². The Morgan fingerprint density at radius 3 is 2.82 bits per heavy atom. The Kier molecular flexibility index (Phi) is 2.13. The molecular formula is C9H9IO. The fraction of sp³-hybridized carbons (Fsp3) is 0.333. The van der Waals surface area contributed by atoms with Gasteiger partial charge in [-0.1, -0.05) is 46.9 Å². The van der Waals surface area contributed by atoms with Crippen molar-refractivity contribution in [1.82, 2.24) is 0 Å². The first-order valence-electron chi connectivity index (χ1n) is 3.69. The number of alkyl halides is 1. The monoisotopic (exact) mass is 260 g/mol. The van der Waals surface area contributed by atoms with E-state index in [9.17, 15) is 0 Å². The Bertz CT molecular complexity index is 259. The maximum Gasteiger partial charge on any atom is 0.113 e. The second-order valence-corrected chi connectivity index (χ2v) is 4.08. The summed E-state index contributed by atoms with van der Waals surface area (Å²) in [6.45, 7) is 0.782. The standard InChI is InChI=1S/C9H9IO/c10-9-5-7-3-1-2-4-8(7)6-11-9/h1-4,9H,5-6H2. The zero-order valence-electron chi connectivity index (χ0n) is 6.09. The van der Waals surface area contributed by atoms with Crippen LogP contribution in [-0.2, 0) is 17.8 Å². The zero-order valence-corrected chi connectivity index (χ0v) is 8.24. The molecule has 1 aliphatic rings. The first-order valence-corrected chi connectivity index (χ1v) is 4.93. The molecule has 58 valence electrons. The number of hydrogen-bond acceptors (Lipinski definition) is 1. The molecule has 0 spiro atoms. The smallest absolute Gasteiger partial charge is 0.113 e. The SMILES string of the molecule is IC1Cc2ccccc2CO1. The second-order valence-electron chi connectivity index (χ2n) is 2.69. The highest BCUT2D eigenvalue weighted by Crippen LogP contribution is 2.22. The van der Waals surface area contributed by atoms with Crippen LogP contribution in [0.15, 0.2) is 24.3 Å². The minimum atomic E-state index is 0.363. The van der Waals surface area contributed by atoms with Crippen LogP contribution in [0.5, 0.6) is 0 Å². The first-order chi connectivity index (χ1) is 5.36. The number of benzene rings is 1. The molecule has 0 aromatic heterocycles. The molecule has 1 nitrogen and oxygen atoms in total. The molecule has 2 rings (SSSR count). The van der Waals surface area contributed by atoms with Gasteiger partial charge >= 0.3 is 0 Å². The van der Waals surface area contributed by atoms with E-state index in [1.165, 1.54) is 11.1 Å². The predicted molar refractivity (Wildman–Crippen MR) is 52.7 cm³/mol. The van der Waals surface area contributed by atoms with E-state index >= 15 is 0 Å². The number of ether oxygens (including phenoxy) is 1. The summed E-state index contributed by atoms with van der Waals surface area (Å²) in [7, 11) is 0. The number of fused-ring (bicyclic) bond motifs is 1. The molecule has 1 heterocycles. The van der Waals surface area contributed by atoms with Crippen molar-refractivity contribution in [3.8, 4) is 0 Å². The molecule has 1 aromatic rings. The van der Waals surface area contributed by atoms with Gasteiger partial charge in [-0.2, -0.15) is 0 Å². The fourth-order valence-electron chi connectivity index (χ4n) is 1.31. The van der Waals surface area contributed by atoms with Gasteiger partial charge in [0.05, 0.1) is 6.61 Å². The number of rotatable bonds is 0. The highest BCUT2D eigenvalue weighted by Gasteiger charge is 2.14. The molecule has 0 bridgehead atoms. The Hall–Kier alpha value is -0.0900. The van der Waals surface area contributed by atoms with E-state index in [1.54, 1.807) is 0 Å². The zero-order chi connectivity index (χ0) is 7.68. The van der Waals surface area contributed by atoms with Crippen molar-refractivity contribution >= 4 is 22.6 Å². The Balaban J connectivity index is 2.34. The third kappa shape index (κ3) is 1.56. The van der Waals surface area contributed by atoms with Crippen molar-refractivity contribution in [3.63, 3.8) is 0 Å². The minimum Gasteiger partial charge on any atom is -0.363 e. The van der Waals surface area contributed by atoms with Crippen LogP contribution >= 0.6 is 22.6 Å². The molecule has 1 aliphatic heterocycles. The summed E-state index contributed by atoms with van der Waals surface area (Å²) in [4.78, 5) is 0. The maximum absolute atomic E-state index is 5.49. The van der Waals surface area contributed by atoms with E-state index in [2.05, 4.69) is 46.9 Å². The van der Waals surface area contributed by atoms with Gasteiger partial charge in [0.15, 0.2) is 0 Å². The van der Waals surface area contributed by atoms with Crippen LogP contribution in [0.2, 0.25) is 0 Å². The predicted octanol–water partition coefficient (Wildman–Crippen LogP) is 2.52. The molecule has 1 aromatic carbocycles. The van der Waals surface area contributed by atoms with Crippen molar-refractivity contribution in [3.05, 3.63) is 35.4 Å². The molecule has 0 amide bonds. The van der Waals surface area contributed by atoms with Gasteiger partial charge in [0, 0.05) is 6.42 Å². The van der Waals surface area contributed by atoms with Crippen LogP contribution < -0.4 is 0 Å². The number of halogens is 1. The molecule has 1 atom stereocenters. The highest BCUT2D eigenvalue weighted by molar-refractivity contribution is 14.1. The van der Waals surface area contributed by atoms with Crippen LogP contribution in [0.3, 0.4) is 0 Å². The lowest BCUT2D eigenvalue weighted by Gasteiger charge is -2.20. The lowest BCUT2D eigenvalue weighted by Crippen LogP contribution is -2.15. The Morgan fingerprint density at radius 2 is 2.00 bits per heavy atom. The Morgan fingerprint density at radius 1 is 1.27 bits per heavy atom. The molecule has 11 heavy (non-hydrogen) atoms. The van der Waals surface area contributed by atoms with E-state index in [0.717, 1.165) is 13.0 Å². The minimum absolute atomic E-state index is 0.363. The molecular weight excluding hydrogens is 251 g/mol. The van der Waals surface area contributed by atoms with Crippen LogP contribution in [-0.4, -0.2) is 4.11 Å². The van der Waals surface area contributed by atoms with Gasteiger partial charge in [0.25, 0.3) is 0 Å². The van der Waals surface area contributed by atoms with Crippen molar-refractivity contribution in [2.75, 3.05) is 0 Å². The van der Waals surface area contributed by atoms with Gasteiger partial charge in [0.2, 0.25) is 0 Å². The quantitative estimate of drug-likeness (QED) is 0.514. The number of hydrogen-bond donors (Lipinski definition) is 0. The molecule has 0 aliphatic carbocycles. The van der Waals surface area contributed by atoms with Gasteiger partial charge in [-0.3, -0.25) is 0 Å². The molecule has 2 heteroatoms. The topological polar surface area (TPSA) is 9.23 Å². The van der Waals surface area contributed by atoms with Crippen molar-refractivity contribution in [2.45, 2.75) is 17.1 Å². The maximum atomic E-state index is 5.49. The van der Waals surface area contributed by atoms with E-state index < -0.39 is 0 Å². The lowest BCUT2D eigenvalue weighted by atomic mass is 10.0. The average Bonchev–Trinajstić information content (AvgIpc) is 2.04. The molecule has 0 saturated carbocycles. The Labute approximate surface area is 79.9 Å². The van der Waals surface area contributed by atoms with Gasteiger partial charge in [-0.05, 0) is 11.1 Å². The van der Waals surface area contributed by atoms with E-state index in [0.29, 0.717) is 4.11 Å². The summed E-state index contributed by atoms with van der Waals surface area (Å²) < 4.78 is 5.85. The summed E-state index contributed by atoms with van der Waals surface area (Å²) in [5.74, 6) is 0. The molecule has 0 fully saturated rings. The summed E-state index contributed by atoms with van der Waals surface area (Å²) in [6.07, 6.45) is 1.05. The molecule has 0 saturated heterocycles. The third-order valence-electron chi connectivity index (χ3n) is 1.92. The second kappa shape index (κ2) is 3.11. The normalized spacial score (nSPS) is 22.8. The summed E-state index contributed by atoms with van der Waals surface area (Å²) in [5, 5.41) is 0. The highest BCUT2D eigenvalue weighted by atomic mass is 127.